The topological polar surface area (TPSA) is 61.6 Å². The van der Waals surface area contributed by atoms with Crippen molar-refractivity contribution in [2.45, 2.75) is 38.1 Å². The number of piperidine rings is 1. The third-order valence-electron chi connectivity index (χ3n) is 6.29. The molecule has 0 atom stereocenters. The van der Waals surface area contributed by atoms with Gasteiger partial charge in [0.25, 0.3) is 0 Å². The van der Waals surface area contributed by atoms with E-state index in [2.05, 4.69) is 10.2 Å². The Kier molecular flexibility index (Phi) is 7.79. The molecule has 3 aromatic rings. The van der Waals surface area contributed by atoms with Gasteiger partial charge >= 0.3 is 12.2 Å². The highest BCUT2D eigenvalue weighted by Gasteiger charge is 2.32. The molecule has 1 aliphatic heterocycles. The molecule has 0 aliphatic carbocycles. The van der Waals surface area contributed by atoms with Crippen LogP contribution in [0.3, 0.4) is 0 Å². The number of rotatable bonds is 6. The van der Waals surface area contributed by atoms with E-state index in [0.29, 0.717) is 24.6 Å². The number of benzene rings is 3. The van der Waals surface area contributed by atoms with Gasteiger partial charge in [0.1, 0.15) is 5.82 Å². The van der Waals surface area contributed by atoms with Gasteiger partial charge in [-0.25, -0.2) is 9.18 Å². The number of nitrogens with zero attached hydrogens (tertiary/aromatic N) is 2. The summed E-state index contributed by atoms with van der Waals surface area (Å²) in [5.74, 6) is -1.07. The van der Waals surface area contributed by atoms with Crippen molar-refractivity contribution in [3.05, 3.63) is 95.3 Å². The number of likely N-dealkylation sites (tertiary alicyclic amines) is 1. The Labute approximate surface area is 207 Å². The van der Waals surface area contributed by atoms with Gasteiger partial charge in [-0.05, 0) is 54.3 Å². The van der Waals surface area contributed by atoms with E-state index in [1.807, 2.05) is 54.6 Å². The Morgan fingerprint density at radius 1 is 0.972 bits per heavy atom. The number of hydrogen-bond donors (Lipinski definition) is 2. The van der Waals surface area contributed by atoms with Crippen molar-refractivity contribution in [1.82, 2.24) is 9.80 Å². The van der Waals surface area contributed by atoms with E-state index >= 15 is 0 Å². The summed E-state index contributed by atoms with van der Waals surface area (Å²) in [4.78, 5) is 17.2. The second kappa shape index (κ2) is 11.0. The smallest absolute Gasteiger partial charge is 0.399 e. The van der Waals surface area contributed by atoms with Crippen molar-refractivity contribution in [1.29, 1.82) is 0 Å². The molecule has 0 unspecified atom stereocenters. The van der Waals surface area contributed by atoms with E-state index in [1.54, 1.807) is 4.90 Å². The largest absolute Gasteiger partial charge is 0.416 e. The van der Waals surface area contributed by atoms with Crippen molar-refractivity contribution in [2.75, 3.05) is 24.1 Å². The van der Waals surface area contributed by atoms with Crippen LogP contribution in [0.25, 0.3) is 0 Å². The molecule has 0 aromatic heterocycles. The molecule has 9 heteroatoms. The highest BCUT2D eigenvalue weighted by atomic mass is 19.4. The lowest BCUT2D eigenvalue weighted by Crippen LogP contribution is -2.48. The number of nitrogens with two attached hydrogens (primary N) is 1. The van der Waals surface area contributed by atoms with Crippen molar-refractivity contribution < 1.29 is 22.4 Å². The fraction of sp³-hybridized carbons (Fsp3) is 0.296. The summed E-state index contributed by atoms with van der Waals surface area (Å²) in [6.45, 7) is 2.52. The second-order valence-electron chi connectivity index (χ2n) is 9.02. The van der Waals surface area contributed by atoms with Gasteiger partial charge in [-0.2, -0.15) is 13.2 Å². The first-order valence-electron chi connectivity index (χ1n) is 11.7. The lowest BCUT2D eigenvalue weighted by atomic mass is 10.0. The number of urea groups is 1. The number of halogens is 4. The molecular weight excluding hydrogens is 472 g/mol. The van der Waals surface area contributed by atoms with Crippen LogP contribution in [0, 0.1) is 5.82 Å². The van der Waals surface area contributed by atoms with E-state index in [-0.39, 0.29) is 18.3 Å². The summed E-state index contributed by atoms with van der Waals surface area (Å²) in [5, 5.41) is 2.49. The van der Waals surface area contributed by atoms with Crippen LogP contribution < -0.4 is 11.1 Å². The van der Waals surface area contributed by atoms with Gasteiger partial charge in [0.2, 0.25) is 0 Å². The molecule has 0 saturated carbocycles. The second-order valence-corrected chi connectivity index (χ2v) is 9.02. The standard InChI is InChI=1S/C27H28F4N4O/c28-22-14-21(27(29,30)31)15-24(16-22)33-26(36)35(18-19-5-2-1-3-6-19)25-9-11-34(12-10-25)17-20-7-4-8-23(32)13-20/h1-8,13-16,25H,9-12,17-18,32H2,(H,33,36). The van der Waals surface area contributed by atoms with Crippen LogP contribution in [0.5, 0.6) is 0 Å². The van der Waals surface area contributed by atoms with Crippen LogP contribution in [0.4, 0.5) is 33.7 Å². The Morgan fingerprint density at radius 3 is 2.33 bits per heavy atom. The van der Waals surface area contributed by atoms with Crippen LogP contribution in [-0.2, 0) is 19.3 Å². The van der Waals surface area contributed by atoms with E-state index < -0.39 is 23.6 Å². The quantitative estimate of drug-likeness (QED) is 0.316. The Morgan fingerprint density at radius 2 is 1.67 bits per heavy atom. The molecule has 5 nitrogen and oxygen atoms in total. The summed E-state index contributed by atoms with van der Waals surface area (Å²) < 4.78 is 53.3. The van der Waals surface area contributed by atoms with Crippen LogP contribution in [0.1, 0.15) is 29.5 Å². The number of nitrogens with one attached hydrogen (secondary N) is 1. The minimum Gasteiger partial charge on any atom is -0.399 e. The third kappa shape index (κ3) is 6.75. The number of nitrogen functional groups attached to an aromatic ring is 1. The van der Waals surface area contributed by atoms with E-state index in [4.69, 9.17) is 5.73 Å². The normalized spacial score (nSPS) is 15.0. The first-order chi connectivity index (χ1) is 17.2. The first-order valence-corrected chi connectivity index (χ1v) is 11.7. The van der Waals surface area contributed by atoms with Gasteiger partial charge in [0, 0.05) is 43.6 Å². The van der Waals surface area contributed by atoms with Gasteiger partial charge in [0.15, 0.2) is 0 Å². The molecule has 1 aliphatic rings. The van der Waals surface area contributed by atoms with Gasteiger partial charge in [-0.1, -0.05) is 42.5 Å². The van der Waals surface area contributed by atoms with Gasteiger partial charge in [-0.15, -0.1) is 0 Å². The minimum absolute atomic E-state index is 0.127. The van der Waals surface area contributed by atoms with Crippen LogP contribution in [0.15, 0.2) is 72.8 Å². The molecule has 2 amide bonds. The monoisotopic (exact) mass is 500 g/mol. The van der Waals surface area contributed by atoms with E-state index in [9.17, 15) is 22.4 Å². The Hall–Kier alpha value is -3.59. The van der Waals surface area contributed by atoms with Crippen molar-refractivity contribution in [2.24, 2.45) is 0 Å². The van der Waals surface area contributed by atoms with Gasteiger partial charge in [0.05, 0.1) is 5.56 Å². The average Bonchev–Trinajstić information content (AvgIpc) is 2.83. The number of amides is 2. The summed E-state index contributed by atoms with van der Waals surface area (Å²) in [7, 11) is 0. The number of hydrogen-bond acceptors (Lipinski definition) is 3. The van der Waals surface area contributed by atoms with E-state index in [0.717, 1.165) is 42.9 Å². The fourth-order valence-electron chi connectivity index (χ4n) is 4.51. The molecule has 1 fully saturated rings. The highest BCUT2D eigenvalue weighted by Crippen LogP contribution is 2.32. The molecule has 4 rings (SSSR count). The number of alkyl halides is 3. The van der Waals surface area contributed by atoms with Crippen LogP contribution in [0.2, 0.25) is 0 Å². The Bertz CT molecular complexity index is 1180. The maximum Gasteiger partial charge on any atom is 0.416 e. The maximum absolute atomic E-state index is 13.9. The van der Waals surface area contributed by atoms with Crippen LogP contribution >= 0.6 is 0 Å². The highest BCUT2D eigenvalue weighted by molar-refractivity contribution is 5.89. The molecule has 0 radical (unpaired) electrons. The van der Waals surface area contributed by atoms with Crippen LogP contribution in [-0.4, -0.2) is 35.0 Å². The first kappa shape index (κ1) is 25.5. The zero-order chi connectivity index (χ0) is 25.7. The third-order valence-corrected chi connectivity index (χ3v) is 6.29. The van der Waals surface area contributed by atoms with Gasteiger partial charge < -0.3 is 16.0 Å². The average molecular weight is 501 g/mol. The lowest BCUT2D eigenvalue weighted by molar-refractivity contribution is -0.137. The maximum atomic E-state index is 13.9. The lowest BCUT2D eigenvalue weighted by Gasteiger charge is -2.38. The zero-order valence-corrected chi connectivity index (χ0v) is 19.6. The number of anilines is 2. The molecule has 3 aromatic carbocycles. The SMILES string of the molecule is Nc1cccc(CN2CCC(N(Cc3ccccc3)C(=O)Nc3cc(F)cc(C(F)(F)F)c3)CC2)c1. The number of carbonyl (C=O) groups excluding carboxylic acids is 1. The molecule has 1 heterocycles. The fourth-order valence-corrected chi connectivity index (χ4v) is 4.51. The predicted octanol–water partition coefficient (Wildman–Crippen LogP) is 6.13. The summed E-state index contributed by atoms with van der Waals surface area (Å²) in [6.07, 6.45) is -3.33. The summed E-state index contributed by atoms with van der Waals surface area (Å²) >= 11 is 0. The molecule has 1 saturated heterocycles. The molecule has 36 heavy (non-hydrogen) atoms. The Balaban J connectivity index is 1.48. The summed E-state index contributed by atoms with van der Waals surface area (Å²) in [6, 6.07) is 18.4. The van der Waals surface area contributed by atoms with E-state index in [1.165, 1.54) is 0 Å². The minimum atomic E-state index is -4.72. The van der Waals surface area contributed by atoms with Crippen molar-refractivity contribution in [3.8, 4) is 0 Å². The molecule has 0 spiro atoms. The van der Waals surface area contributed by atoms with Gasteiger partial charge in [-0.3, -0.25) is 4.90 Å². The molecule has 3 N–H and O–H groups in total. The number of carbonyl (C=O) groups is 1. The van der Waals surface area contributed by atoms with Crippen molar-refractivity contribution in [3.63, 3.8) is 0 Å². The van der Waals surface area contributed by atoms with Crippen molar-refractivity contribution >= 4 is 17.4 Å². The predicted molar refractivity (Wildman–Crippen MR) is 132 cm³/mol. The summed E-state index contributed by atoms with van der Waals surface area (Å²) in [5.41, 5.74) is 7.21. The molecular formula is C27H28F4N4O. The zero-order valence-electron chi connectivity index (χ0n) is 19.6. The molecule has 0 bridgehead atoms. The molecule has 190 valence electrons.